The summed E-state index contributed by atoms with van der Waals surface area (Å²) < 4.78 is 37.7. The summed E-state index contributed by atoms with van der Waals surface area (Å²) >= 11 is 12.4. The largest absolute Gasteiger partial charge is 0.399 e. The van der Waals surface area contributed by atoms with Crippen molar-refractivity contribution in [3.63, 3.8) is 0 Å². The van der Waals surface area contributed by atoms with E-state index in [2.05, 4.69) is 0 Å². The summed E-state index contributed by atoms with van der Waals surface area (Å²) in [6, 6.07) is 4.52. The highest BCUT2D eigenvalue weighted by Gasteiger charge is 2.41. The van der Waals surface area contributed by atoms with Crippen molar-refractivity contribution in [2.75, 3.05) is 5.75 Å². The molecule has 0 fully saturated rings. The fraction of sp³-hybridized carbons (Fsp3) is 0.300. The van der Waals surface area contributed by atoms with Gasteiger partial charge in [-0.15, -0.1) is 11.8 Å². The van der Waals surface area contributed by atoms with Gasteiger partial charge in [-0.2, -0.15) is 13.2 Å². The second kappa shape index (κ2) is 6.04. The van der Waals surface area contributed by atoms with Crippen molar-refractivity contribution in [1.29, 1.82) is 5.41 Å². The van der Waals surface area contributed by atoms with E-state index in [0.717, 1.165) is 11.8 Å². The molecule has 1 aromatic rings. The predicted octanol–water partition coefficient (Wildman–Crippen LogP) is 4.20. The molecule has 0 aliphatic rings. The Labute approximate surface area is 116 Å². The third-order valence-electron chi connectivity index (χ3n) is 2.07. The monoisotopic (exact) mass is 316 g/mol. The summed E-state index contributed by atoms with van der Waals surface area (Å²) in [4.78, 5) is 0.430. The van der Waals surface area contributed by atoms with Gasteiger partial charge in [0.05, 0.1) is 5.02 Å². The molecule has 18 heavy (non-hydrogen) atoms. The maximum atomic E-state index is 12.6. The highest BCUT2D eigenvalue weighted by molar-refractivity contribution is 7.99. The lowest BCUT2D eigenvalue weighted by molar-refractivity contribution is -0.149. The van der Waals surface area contributed by atoms with Crippen molar-refractivity contribution in [2.24, 2.45) is 11.7 Å². The maximum absolute atomic E-state index is 12.6. The van der Waals surface area contributed by atoms with Crippen LogP contribution in [0.4, 0.5) is 13.2 Å². The third kappa shape index (κ3) is 4.26. The van der Waals surface area contributed by atoms with Gasteiger partial charge in [-0.1, -0.05) is 23.2 Å². The van der Waals surface area contributed by atoms with Crippen LogP contribution in [0.1, 0.15) is 0 Å². The minimum atomic E-state index is -4.54. The number of thioether (sulfide) groups is 1. The number of benzene rings is 1. The molecule has 0 amide bonds. The fourth-order valence-corrected chi connectivity index (χ4v) is 2.77. The Balaban J connectivity index is 2.79. The van der Waals surface area contributed by atoms with Crippen LogP contribution >= 0.6 is 35.0 Å². The molecule has 100 valence electrons. The van der Waals surface area contributed by atoms with Gasteiger partial charge in [0.15, 0.2) is 0 Å². The Hall–Kier alpha value is -0.590. The second-order valence-corrected chi connectivity index (χ2v) is 5.34. The van der Waals surface area contributed by atoms with Crippen molar-refractivity contribution >= 4 is 40.8 Å². The van der Waals surface area contributed by atoms with Crippen LogP contribution in [0.25, 0.3) is 0 Å². The molecule has 1 unspecified atom stereocenters. The Morgan fingerprint density at radius 2 is 2.00 bits per heavy atom. The average molecular weight is 317 g/mol. The van der Waals surface area contributed by atoms with Crippen LogP contribution < -0.4 is 5.73 Å². The number of nitrogens with two attached hydrogens (primary N) is 1. The number of halogens is 5. The normalized spacial score (nSPS) is 13.4. The van der Waals surface area contributed by atoms with Gasteiger partial charge in [-0.05, 0) is 18.2 Å². The summed E-state index contributed by atoms with van der Waals surface area (Å²) in [6.45, 7) is 0. The zero-order chi connectivity index (χ0) is 13.9. The SMILES string of the molecule is N=C(N)C(CSc1cc(Cl)ccc1Cl)C(F)(F)F. The van der Waals surface area contributed by atoms with Crippen LogP contribution in [0.3, 0.4) is 0 Å². The minimum Gasteiger partial charge on any atom is -0.387 e. The molecule has 0 saturated heterocycles. The van der Waals surface area contributed by atoms with Gasteiger partial charge in [0.1, 0.15) is 11.8 Å². The van der Waals surface area contributed by atoms with E-state index in [9.17, 15) is 13.2 Å². The van der Waals surface area contributed by atoms with E-state index >= 15 is 0 Å². The Kier molecular flexibility index (Phi) is 5.19. The van der Waals surface area contributed by atoms with E-state index in [1.807, 2.05) is 0 Å². The van der Waals surface area contributed by atoms with Crippen molar-refractivity contribution in [1.82, 2.24) is 0 Å². The van der Waals surface area contributed by atoms with Gasteiger partial charge in [0, 0.05) is 15.7 Å². The minimum absolute atomic E-state index is 0.314. The zero-order valence-corrected chi connectivity index (χ0v) is 11.2. The Bertz CT molecular complexity index is 451. The summed E-state index contributed by atoms with van der Waals surface area (Å²) in [5, 5.41) is 7.65. The number of alkyl halides is 3. The van der Waals surface area contributed by atoms with Gasteiger partial charge in [-0.25, -0.2) is 0 Å². The predicted molar refractivity (Wildman–Crippen MR) is 68.6 cm³/mol. The van der Waals surface area contributed by atoms with E-state index < -0.39 is 23.7 Å². The van der Waals surface area contributed by atoms with Crippen LogP contribution in [0.15, 0.2) is 23.1 Å². The average Bonchev–Trinajstić information content (AvgIpc) is 2.20. The molecule has 3 N–H and O–H groups in total. The highest BCUT2D eigenvalue weighted by Crippen LogP contribution is 2.35. The molecule has 1 rings (SSSR count). The summed E-state index contributed by atoms with van der Waals surface area (Å²) in [5.74, 6) is -3.30. The molecule has 0 aromatic heterocycles. The van der Waals surface area contributed by atoms with E-state index in [1.54, 1.807) is 6.07 Å². The first-order valence-electron chi connectivity index (χ1n) is 4.70. The first-order chi connectivity index (χ1) is 8.21. The van der Waals surface area contributed by atoms with Gasteiger partial charge in [0.2, 0.25) is 0 Å². The van der Waals surface area contributed by atoms with Crippen LogP contribution in [-0.2, 0) is 0 Å². The molecule has 2 nitrogen and oxygen atoms in total. The standard InChI is InChI=1S/C10H9Cl2F3N2S/c11-5-1-2-7(12)8(3-5)18-4-6(9(16)17)10(13,14)15/h1-3,6H,4H2,(H3,16,17). The van der Waals surface area contributed by atoms with E-state index in [4.69, 9.17) is 34.3 Å². The molecular formula is C10H9Cl2F3N2S. The lowest BCUT2D eigenvalue weighted by Crippen LogP contribution is -2.36. The van der Waals surface area contributed by atoms with Crippen molar-refractivity contribution in [2.45, 2.75) is 11.1 Å². The smallest absolute Gasteiger partial charge is 0.387 e. The van der Waals surface area contributed by atoms with Crippen molar-refractivity contribution < 1.29 is 13.2 Å². The molecule has 0 aliphatic heterocycles. The van der Waals surface area contributed by atoms with Gasteiger partial charge in [0.25, 0.3) is 0 Å². The van der Waals surface area contributed by atoms with E-state index in [-0.39, 0.29) is 0 Å². The number of amidine groups is 1. The van der Waals surface area contributed by atoms with E-state index in [0.29, 0.717) is 14.9 Å². The first kappa shape index (κ1) is 15.5. The quantitative estimate of drug-likeness (QED) is 0.497. The maximum Gasteiger partial charge on any atom is 0.399 e. The second-order valence-electron chi connectivity index (χ2n) is 3.44. The van der Waals surface area contributed by atoms with Crippen LogP contribution in [0.2, 0.25) is 10.0 Å². The van der Waals surface area contributed by atoms with Gasteiger partial charge >= 0.3 is 6.18 Å². The first-order valence-corrected chi connectivity index (χ1v) is 6.44. The summed E-state index contributed by atoms with van der Waals surface area (Å²) in [6.07, 6.45) is -4.54. The Morgan fingerprint density at radius 3 is 2.50 bits per heavy atom. The molecule has 1 aromatic carbocycles. The van der Waals surface area contributed by atoms with Crippen LogP contribution in [0, 0.1) is 11.3 Å². The van der Waals surface area contributed by atoms with Gasteiger partial charge in [-0.3, -0.25) is 5.41 Å². The molecular weight excluding hydrogens is 308 g/mol. The number of hydrogen-bond donors (Lipinski definition) is 2. The molecule has 0 spiro atoms. The summed E-state index contributed by atoms with van der Waals surface area (Å²) in [5.41, 5.74) is 4.95. The summed E-state index contributed by atoms with van der Waals surface area (Å²) in [7, 11) is 0. The third-order valence-corrected chi connectivity index (χ3v) is 3.89. The van der Waals surface area contributed by atoms with Crippen molar-refractivity contribution in [3.8, 4) is 0 Å². The zero-order valence-electron chi connectivity index (χ0n) is 8.89. The molecule has 0 saturated carbocycles. The molecule has 1 atom stereocenters. The topological polar surface area (TPSA) is 49.9 Å². The fourth-order valence-electron chi connectivity index (χ4n) is 1.12. The molecule has 0 bridgehead atoms. The lowest BCUT2D eigenvalue weighted by Gasteiger charge is -2.18. The van der Waals surface area contributed by atoms with Crippen molar-refractivity contribution in [3.05, 3.63) is 28.2 Å². The molecule has 0 radical (unpaired) electrons. The molecule has 0 heterocycles. The Morgan fingerprint density at radius 1 is 1.39 bits per heavy atom. The number of hydrogen-bond acceptors (Lipinski definition) is 2. The molecule has 0 aliphatic carbocycles. The van der Waals surface area contributed by atoms with Crippen LogP contribution in [-0.4, -0.2) is 17.8 Å². The van der Waals surface area contributed by atoms with E-state index in [1.165, 1.54) is 12.1 Å². The van der Waals surface area contributed by atoms with Gasteiger partial charge < -0.3 is 5.73 Å². The molecule has 8 heteroatoms. The number of rotatable bonds is 4. The lowest BCUT2D eigenvalue weighted by atomic mass is 10.1. The number of nitrogens with one attached hydrogen (secondary N) is 1. The highest BCUT2D eigenvalue weighted by atomic mass is 35.5. The van der Waals surface area contributed by atoms with Crippen LogP contribution in [0.5, 0.6) is 0 Å².